The maximum absolute atomic E-state index is 5.92. The molecule has 15 heavy (non-hydrogen) atoms. The van der Waals surface area contributed by atoms with Crippen LogP contribution in [0.4, 0.5) is 5.82 Å². The van der Waals surface area contributed by atoms with Crippen molar-refractivity contribution in [3.8, 4) is 0 Å². The molecule has 2 aromatic heterocycles. The molecule has 5 heteroatoms. The lowest BCUT2D eigenvalue weighted by Crippen LogP contribution is -2.11. The van der Waals surface area contributed by atoms with Crippen LogP contribution < -0.4 is 5.73 Å². The Morgan fingerprint density at radius 1 is 1.33 bits per heavy atom. The van der Waals surface area contributed by atoms with Crippen LogP contribution in [0.1, 0.15) is 24.1 Å². The Morgan fingerprint density at radius 3 is 2.53 bits per heavy atom. The summed E-state index contributed by atoms with van der Waals surface area (Å²) in [5.41, 5.74) is 8.03. The van der Waals surface area contributed by atoms with Gasteiger partial charge in [0, 0.05) is 24.4 Å². The Hall–Kier alpha value is -1.78. The van der Waals surface area contributed by atoms with E-state index in [0.717, 1.165) is 11.1 Å². The van der Waals surface area contributed by atoms with E-state index >= 15 is 0 Å². The van der Waals surface area contributed by atoms with Crippen LogP contribution in [0, 0.1) is 6.92 Å². The molecular weight excluding hydrogens is 190 g/mol. The molecule has 1 atom stereocenters. The standard InChI is InChI=1S/C10H15N5/c1-7-4-13-15(10(7)11)8(2)9-5-12-14(3)6-9/h4-6,8H,11H2,1-3H3/t8-/m1/s1. The maximum atomic E-state index is 5.92. The van der Waals surface area contributed by atoms with Gasteiger partial charge in [-0.15, -0.1) is 0 Å². The highest BCUT2D eigenvalue weighted by atomic mass is 15.3. The number of aryl methyl sites for hydroxylation is 2. The van der Waals surface area contributed by atoms with Crippen molar-refractivity contribution in [1.82, 2.24) is 19.6 Å². The predicted octanol–water partition coefficient (Wildman–Crippen LogP) is 1.12. The zero-order valence-corrected chi connectivity index (χ0v) is 9.18. The molecule has 5 nitrogen and oxygen atoms in total. The molecule has 0 spiro atoms. The average Bonchev–Trinajstić information content (AvgIpc) is 2.75. The van der Waals surface area contributed by atoms with Gasteiger partial charge in [-0.25, -0.2) is 4.68 Å². The van der Waals surface area contributed by atoms with E-state index in [9.17, 15) is 0 Å². The van der Waals surface area contributed by atoms with Crippen molar-refractivity contribution in [3.63, 3.8) is 0 Å². The fourth-order valence-corrected chi connectivity index (χ4v) is 1.56. The highest BCUT2D eigenvalue weighted by molar-refractivity contribution is 5.38. The lowest BCUT2D eigenvalue weighted by atomic mass is 10.2. The Bertz CT molecular complexity index is 468. The topological polar surface area (TPSA) is 61.7 Å². The summed E-state index contributed by atoms with van der Waals surface area (Å²) >= 11 is 0. The first-order valence-corrected chi connectivity index (χ1v) is 4.87. The average molecular weight is 205 g/mol. The molecule has 0 unspecified atom stereocenters. The first-order valence-electron chi connectivity index (χ1n) is 4.87. The van der Waals surface area contributed by atoms with E-state index in [0.29, 0.717) is 5.82 Å². The SMILES string of the molecule is Cc1cnn([C@H](C)c2cnn(C)c2)c1N. The summed E-state index contributed by atoms with van der Waals surface area (Å²) in [5.74, 6) is 0.714. The van der Waals surface area contributed by atoms with Crippen LogP contribution in [0.25, 0.3) is 0 Å². The summed E-state index contributed by atoms with van der Waals surface area (Å²) in [5, 5.41) is 8.39. The molecule has 0 aliphatic carbocycles. The first kappa shape index (κ1) is 9.76. The van der Waals surface area contributed by atoms with Crippen LogP contribution in [-0.2, 0) is 7.05 Å². The number of hydrogen-bond donors (Lipinski definition) is 1. The van der Waals surface area contributed by atoms with E-state index < -0.39 is 0 Å². The van der Waals surface area contributed by atoms with Gasteiger partial charge in [-0.3, -0.25) is 4.68 Å². The first-order chi connectivity index (χ1) is 7.09. The molecule has 2 aromatic rings. The molecule has 0 amide bonds. The summed E-state index contributed by atoms with van der Waals surface area (Å²) in [6, 6.07) is 0.118. The molecule has 80 valence electrons. The summed E-state index contributed by atoms with van der Waals surface area (Å²) in [6.07, 6.45) is 5.59. The highest BCUT2D eigenvalue weighted by Crippen LogP contribution is 2.21. The van der Waals surface area contributed by atoms with E-state index in [4.69, 9.17) is 5.73 Å². The molecule has 0 aromatic carbocycles. The summed E-state index contributed by atoms with van der Waals surface area (Å²) in [7, 11) is 1.90. The molecule has 0 saturated heterocycles. The van der Waals surface area contributed by atoms with Crippen molar-refractivity contribution in [3.05, 3.63) is 29.7 Å². The van der Waals surface area contributed by atoms with Crippen LogP contribution in [0.5, 0.6) is 0 Å². The van der Waals surface area contributed by atoms with E-state index in [1.807, 2.05) is 31.0 Å². The van der Waals surface area contributed by atoms with Gasteiger partial charge in [-0.2, -0.15) is 10.2 Å². The number of nitrogens with zero attached hydrogens (tertiary/aromatic N) is 4. The summed E-state index contributed by atoms with van der Waals surface area (Å²) in [6.45, 7) is 4.01. The second-order valence-electron chi connectivity index (χ2n) is 3.78. The molecule has 0 aliphatic heterocycles. The molecule has 2 rings (SSSR count). The van der Waals surface area contributed by atoms with Gasteiger partial charge in [0.25, 0.3) is 0 Å². The fraction of sp³-hybridized carbons (Fsp3) is 0.400. The molecule has 2 N–H and O–H groups in total. The van der Waals surface area contributed by atoms with E-state index in [2.05, 4.69) is 17.1 Å². The van der Waals surface area contributed by atoms with E-state index in [-0.39, 0.29) is 6.04 Å². The third kappa shape index (κ3) is 1.60. The van der Waals surface area contributed by atoms with Crippen LogP contribution in [0.2, 0.25) is 0 Å². The minimum absolute atomic E-state index is 0.118. The second-order valence-corrected chi connectivity index (χ2v) is 3.78. The van der Waals surface area contributed by atoms with Gasteiger partial charge in [0.1, 0.15) is 5.82 Å². The Balaban J connectivity index is 2.36. The zero-order chi connectivity index (χ0) is 11.0. The smallest absolute Gasteiger partial charge is 0.125 e. The summed E-state index contributed by atoms with van der Waals surface area (Å²) < 4.78 is 3.59. The van der Waals surface area contributed by atoms with Crippen LogP contribution in [0.15, 0.2) is 18.6 Å². The van der Waals surface area contributed by atoms with Crippen molar-refractivity contribution in [1.29, 1.82) is 0 Å². The van der Waals surface area contributed by atoms with E-state index in [1.165, 1.54) is 0 Å². The van der Waals surface area contributed by atoms with Crippen molar-refractivity contribution in [2.75, 3.05) is 5.73 Å². The third-order valence-electron chi connectivity index (χ3n) is 2.60. The Morgan fingerprint density at radius 2 is 2.07 bits per heavy atom. The van der Waals surface area contributed by atoms with Crippen LogP contribution in [0.3, 0.4) is 0 Å². The molecule has 0 radical (unpaired) electrons. The lowest BCUT2D eigenvalue weighted by molar-refractivity contribution is 0.572. The van der Waals surface area contributed by atoms with Gasteiger partial charge in [-0.1, -0.05) is 0 Å². The maximum Gasteiger partial charge on any atom is 0.125 e. The number of rotatable bonds is 2. The third-order valence-corrected chi connectivity index (χ3v) is 2.60. The molecule has 2 heterocycles. The van der Waals surface area contributed by atoms with Crippen molar-refractivity contribution >= 4 is 5.82 Å². The van der Waals surface area contributed by atoms with Crippen LogP contribution in [-0.4, -0.2) is 19.6 Å². The van der Waals surface area contributed by atoms with Crippen LogP contribution >= 0.6 is 0 Å². The van der Waals surface area contributed by atoms with E-state index in [1.54, 1.807) is 10.9 Å². The number of aromatic nitrogens is 4. The van der Waals surface area contributed by atoms with Gasteiger partial charge < -0.3 is 5.73 Å². The zero-order valence-electron chi connectivity index (χ0n) is 9.18. The minimum Gasteiger partial charge on any atom is -0.384 e. The minimum atomic E-state index is 0.118. The molecular formula is C10H15N5. The fourth-order valence-electron chi connectivity index (χ4n) is 1.56. The molecule has 0 saturated carbocycles. The predicted molar refractivity (Wildman–Crippen MR) is 58.4 cm³/mol. The van der Waals surface area contributed by atoms with Gasteiger partial charge in [0.2, 0.25) is 0 Å². The number of hydrogen-bond acceptors (Lipinski definition) is 3. The summed E-state index contributed by atoms with van der Waals surface area (Å²) in [4.78, 5) is 0. The van der Waals surface area contributed by atoms with Crippen molar-refractivity contribution in [2.24, 2.45) is 7.05 Å². The lowest BCUT2D eigenvalue weighted by Gasteiger charge is -2.11. The van der Waals surface area contributed by atoms with Crippen molar-refractivity contribution in [2.45, 2.75) is 19.9 Å². The molecule has 0 aliphatic rings. The number of nitrogen functional groups attached to an aromatic ring is 1. The van der Waals surface area contributed by atoms with Gasteiger partial charge in [0.15, 0.2) is 0 Å². The normalized spacial score (nSPS) is 13.0. The van der Waals surface area contributed by atoms with Crippen molar-refractivity contribution < 1.29 is 0 Å². The molecule has 0 bridgehead atoms. The second kappa shape index (κ2) is 3.42. The largest absolute Gasteiger partial charge is 0.384 e. The van der Waals surface area contributed by atoms with Gasteiger partial charge in [-0.05, 0) is 13.8 Å². The number of nitrogens with two attached hydrogens (primary N) is 1. The Kier molecular flexibility index (Phi) is 2.22. The monoisotopic (exact) mass is 205 g/mol. The Labute approximate surface area is 88.5 Å². The quantitative estimate of drug-likeness (QED) is 0.799. The molecule has 0 fully saturated rings. The van der Waals surface area contributed by atoms with Gasteiger partial charge >= 0.3 is 0 Å². The highest BCUT2D eigenvalue weighted by Gasteiger charge is 2.13. The number of anilines is 1. The van der Waals surface area contributed by atoms with Gasteiger partial charge in [0.05, 0.1) is 18.4 Å².